The minimum absolute atomic E-state index is 0.117. The van der Waals surface area contributed by atoms with Gasteiger partial charge in [-0.15, -0.1) is 9.35 Å². The zero-order valence-electron chi connectivity index (χ0n) is 27.0. The van der Waals surface area contributed by atoms with Gasteiger partial charge in [-0.25, -0.2) is 14.5 Å². The lowest BCUT2D eigenvalue weighted by Crippen LogP contribution is -2.51. The predicted octanol–water partition coefficient (Wildman–Crippen LogP) is 4.81. The van der Waals surface area contributed by atoms with Crippen LogP contribution in [0.2, 0.25) is 0 Å². The highest BCUT2D eigenvalue weighted by atomic mass is 32.2. The Morgan fingerprint density at radius 1 is 0.955 bits per heavy atom. The Morgan fingerprint density at radius 2 is 1.57 bits per heavy atom. The van der Waals surface area contributed by atoms with Crippen molar-refractivity contribution in [3.05, 3.63) is 59.4 Å². The van der Waals surface area contributed by atoms with Gasteiger partial charge in [0.05, 0.1) is 29.5 Å². The lowest BCUT2D eigenvalue weighted by atomic mass is 9.92. The van der Waals surface area contributed by atoms with Gasteiger partial charge in [-0.2, -0.15) is 13.5 Å². The number of hydrogen-bond donors (Lipinski definition) is 1. The minimum Gasteiger partial charge on any atom is -0.353 e. The monoisotopic (exact) mass is 625 g/mol. The Kier molecular flexibility index (Phi) is 9.13. The molecule has 1 aliphatic rings. The third kappa shape index (κ3) is 7.75. The Labute approximate surface area is 260 Å². The van der Waals surface area contributed by atoms with Crippen molar-refractivity contribution >= 4 is 39.4 Å². The fourth-order valence-electron chi connectivity index (χ4n) is 4.69. The molecule has 1 aromatic carbocycles. The fraction of sp³-hybridized carbons (Fsp3) is 0.484. The zero-order chi connectivity index (χ0) is 32.6. The summed E-state index contributed by atoms with van der Waals surface area (Å²) >= 11 is 0. The van der Waals surface area contributed by atoms with Crippen molar-refractivity contribution in [1.82, 2.24) is 19.7 Å². The van der Waals surface area contributed by atoms with Crippen molar-refractivity contribution in [3.8, 4) is 5.69 Å². The molecule has 3 amide bonds. The number of aromatic nitrogens is 3. The number of carbonyl (C=O) groups excluding carboxylic acids is 2. The van der Waals surface area contributed by atoms with Gasteiger partial charge in [0.2, 0.25) is 5.91 Å². The highest BCUT2D eigenvalue weighted by molar-refractivity contribution is 7.86. The van der Waals surface area contributed by atoms with Crippen LogP contribution < -0.4 is 15.3 Å². The van der Waals surface area contributed by atoms with E-state index < -0.39 is 27.0 Å². The summed E-state index contributed by atoms with van der Waals surface area (Å²) < 4.78 is 31.5. The summed E-state index contributed by atoms with van der Waals surface area (Å²) in [5.74, 6) is 0.963. The Balaban J connectivity index is 1.60. The molecule has 0 spiro atoms. The summed E-state index contributed by atoms with van der Waals surface area (Å²) in [4.78, 5) is 34.9. The zero-order valence-corrected chi connectivity index (χ0v) is 27.8. The van der Waals surface area contributed by atoms with Crippen LogP contribution in [0.4, 0.5) is 22.1 Å². The maximum absolute atomic E-state index is 13.7. The van der Waals surface area contributed by atoms with E-state index in [1.54, 1.807) is 6.07 Å². The average molecular weight is 626 g/mol. The first-order valence-corrected chi connectivity index (χ1v) is 16.3. The number of carbonyl (C=O) groups is 2. The molecule has 13 heteroatoms. The molecule has 3 heterocycles. The Bertz CT molecular complexity index is 1630. The molecule has 12 nitrogen and oxygen atoms in total. The molecule has 0 radical (unpaired) electrons. The molecule has 0 bridgehead atoms. The molecule has 1 aliphatic heterocycles. The number of nitrogens with zero attached hydrogens (tertiary/aromatic N) is 6. The molecule has 0 saturated carbocycles. The number of amides is 3. The van der Waals surface area contributed by atoms with E-state index in [1.165, 1.54) is 10.9 Å². The van der Waals surface area contributed by atoms with E-state index >= 15 is 0 Å². The van der Waals surface area contributed by atoms with E-state index in [0.717, 1.165) is 23.2 Å². The van der Waals surface area contributed by atoms with Crippen LogP contribution in [0.25, 0.3) is 5.69 Å². The molecule has 2 aromatic heterocycles. The van der Waals surface area contributed by atoms with Crippen LogP contribution >= 0.6 is 0 Å². The smallest absolute Gasteiger partial charge is 0.353 e. The second kappa shape index (κ2) is 12.2. The van der Waals surface area contributed by atoms with E-state index in [1.807, 2.05) is 90.6 Å². The van der Waals surface area contributed by atoms with E-state index in [2.05, 4.69) is 15.2 Å². The third-order valence-corrected chi connectivity index (χ3v) is 7.63. The van der Waals surface area contributed by atoms with Crippen molar-refractivity contribution < 1.29 is 22.3 Å². The summed E-state index contributed by atoms with van der Waals surface area (Å²) in [5, 5.41) is 8.17. The van der Waals surface area contributed by atoms with Gasteiger partial charge in [0.25, 0.3) is 10.1 Å². The number of pyridine rings is 1. The summed E-state index contributed by atoms with van der Waals surface area (Å²) in [5.41, 5.74) is 2.57. The first kappa shape index (κ1) is 32.9. The van der Waals surface area contributed by atoms with Crippen molar-refractivity contribution in [2.45, 2.75) is 60.8 Å². The lowest BCUT2D eigenvalue weighted by Gasteiger charge is -2.38. The number of hydroxylamine groups is 1. The number of benzene rings is 1. The fourth-order valence-corrected chi connectivity index (χ4v) is 5.11. The third-order valence-electron chi connectivity index (χ3n) is 7.21. The molecule has 0 atom stereocenters. The SMILES string of the molecule is Cc1ccc(-n2nc(C(C)(C)C)cc2N(OS(C)(=O)=O)C(=O)Nc2cnc(N3CCN(C(=O)C(C)(C)C)CC3)cc2C)cc1. The van der Waals surface area contributed by atoms with Crippen molar-refractivity contribution in [2.24, 2.45) is 5.41 Å². The Morgan fingerprint density at radius 3 is 2.09 bits per heavy atom. The molecular formula is C31H43N7O5S. The summed E-state index contributed by atoms with van der Waals surface area (Å²) in [6.45, 7) is 17.9. The summed E-state index contributed by atoms with van der Waals surface area (Å²) in [7, 11) is -4.12. The molecule has 44 heavy (non-hydrogen) atoms. The molecule has 3 aromatic rings. The molecular weight excluding hydrogens is 582 g/mol. The van der Waals surface area contributed by atoms with Gasteiger partial charge < -0.3 is 15.1 Å². The summed E-state index contributed by atoms with van der Waals surface area (Å²) in [6.07, 6.45) is 2.41. The first-order valence-electron chi connectivity index (χ1n) is 14.5. The van der Waals surface area contributed by atoms with Gasteiger partial charge in [0.1, 0.15) is 5.82 Å². The van der Waals surface area contributed by atoms with E-state index in [4.69, 9.17) is 9.38 Å². The quantitative estimate of drug-likeness (QED) is 0.387. The van der Waals surface area contributed by atoms with Crippen LogP contribution in [0.15, 0.2) is 42.6 Å². The van der Waals surface area contributed by atoms with Gasteiger partial charge in [-0.05, 0) is 37.6 Å². The average Bonchev–Trinajstić information content (AvgIpc) is 3.38. The van der Waals surface area contributed by atoms with E-state index in [0.29, 0.717) is 48.3 Å². The highest BCUT2D eigenvalue weighted by Gasteiger charge is 2.32. The molecule has 4 rings (SSSR count). The van der Waals surface area contributed by atoms with Gasteiger partial charge in [0.15, 0.2) is 5.82 Å². The van der Waals surface area contributed by atoms with Crippen LogP contribution in [0, 0.1) is 19.3 Å². The molecule has 238 valence electrons. The first-order chi connectivity index (χ1) is 20.3. The van der Waals surface area contributed by atoms with Gasteiger partial charge in [0, 0.05) is 43.1 Å². The number of urea groups is 1. The standard InChI is InChI=1S/C31H43N7O5S/c1-21-10-12-23(13-11-21)37-27(19-25(34-37)30(3,4)5)38(43-44(9,41)42)29(40)33-24-20-32-26(18-22(24)2)35-14-16-36(17-15-35)28(39)31(6,7)8/h10-13,18-20H,14-17H2,1-9H3,(H,33,40). The topological polar surface area (TPSA) is 130 Å². The maximum atomic E-state index is 13.7. The van der Waals surface area contributed by atoms with Crippen LogP contribution in [-0.2, 0) is 24.6 Å². The largest absolute Gasteiger partial charge is 0.353 e. The second-order valence-corrected chi connectivity index (χ2v) is 14.8. The molecule has 1 fully saturated rings. The number of hydrogen-bond acceptors (Lipinski definition) is 8. The maximum Gasteiger partial charge on any atom is 0.353 e. The second-order valence-electron chi connectivity index (χ2n) is 13.3. The van der Waals surface area contributed by atoms with E-state index in [9.17, 15) is 18.0 Å². The molecule has 0 aliphatic carbocycles. The predicted molar refractivity (Wildman–Crippen MR) is 172 cm³/mol. The summed E-state index contributed by atoms with van der Waals surface area (Å²) in [6, 6.07) is 10.1. The number of anilines is 3. The highest BCUT2D eigenvalue weighted by Crippen LogP contribution is 2.30. The van der Waals surface area contributed by atoms with Gasteiger partial charge in [-0.1, -0.05) is 59.2 Å². The van der Waals surface area contributed by atoms with Crippen molar-refractivity contribution in [1.29, 1.82) is 0 Å². The lowest BCUT2D eigenvalue weighted by molar-refractivity contribution is -0.139. The van der Waals surface area contributed by atoms with Gasteiger partial charge >= 0.3 is 6.03 Å². The van der Waals surface area contributed by atoms with Crippen molar-refractivity contribution in [2.75, 3.05) is 47.7 Å². The number of rotatable bonds is 6. The number of nitrogens with one attached hydrogen (secondary N) is 1. The van der Waals surface area contributed by atoms with Crippen molar-refractivity contribution in [3.63, 3.8) is 0 Å². The molecule has 1 saturated heterocycles. The van der Waals surface area contributed by atoms with Crippen LogP contribution in [0.5, 0.6) is 0 Å². The van der Waals surface area contributed by atoms with E-state index in [-0.39, 0.29) is 11.7 Å². The van der Waals surface area contributed by atoms with Crippen LogP contribution in [0.3, 0.4) is 0 Å². The van der Waals surface area contributed by atoms with Crippen LogP contribution in [-0.4, -0.2) is 72.5 Å². The van der Waals surface area contributed by atoms with Crippen LogP contribution in [0.1, 0.15) is 58.4 Å². The molecule has 0 unspecified atom stereocenters. The minimum atomic E-state index is -4.12. The number of aryl methyl sites for hydroxylation is 2. The normalized spacial score (nSPS) is 14.5. The Hall–Kier alpha value is -3.97. The number of piperazine rings is 1. The molecule has 1 N–H and O–H groups in total. The van der Waals surface area contributed by atoms with Gasteiger partial charge in [-0.3, -0.25) is 4.79 Å².